The van der Waals surface area contributed by atoms with Crippen LogP contribution in [0.5, 0.6) is 0 Å². The number of carbonyl (C=O) groups is 1. The van der Waals surface area contributed by atoms with Gasteiger partial charge in [-0.3, -0.25) is 4.79 Å². The molecule has 1 rings (SSSR count). The summed E-state index contributed by atoms with van der Waals surface area (Å²) in [6, 6.07) is 8.43. The molecule has 0 radical (unpaired) electrons. The third-order valence-electron chi connectivity index (χ3n) is 3.19. The molecule has 0 saturated heterocycles. The minimum atomic E-state index is -0.281. The number of nitrogens with one attached hydrogen (secondary N) is 1. The highest BCUT2D eigenvalue weighted by Gasteiger charge is 2.14. The summed E-state index contributed by atoms with van der Waals surface area (Å²) in [6.45, 7) is 8.02. The summed E-state index contributed by atoms with van der Waals surface area (Å²) in [7, 11) is 0. The number of amides is 1. The van der Waals surface area contributed by atoms with E-state index in [0.29, 0.717) is 12.8 Å². The predicted octanol–water partition coefficient (Wildman–Crippen LogP) is 2.56. The molecule has 1 amide bonds. The van der Waals surface area contributed by atoms with Gasteiger partial charge < -0.3 is 11.1 Å². The van der Waals surface area contributed by atoms with Crippen molar-refractivity contribution in [3.63, 3.8) is 0 Å². The van der Waals surface area contributed by atoms with Gasteiger partial charge in [0.15, 0.2) is 0 Å². The third-order valence-corrected chi connectivity index (χ3v) is 3.19. The molecule has 0 saturated carbocycles. The summed E-state index contributed by atoms with van der Waals surface area (Å²) < 4.78 is 0. The summed E-state index contributed by atoms with van der Waals surface area (Å²) in [6.07, 6.45) is 2.06. The molecule has 0 bridgehead atoms. The second-order valence-electron chi connectivity index (χ2n) is 6.09. The van der Waals surface area contributed by atoms with Crippen LogP contribution < -0.4 is 11.1 Å². The molecule has 0 aliphatic heterocycles. The summed E-state index contributed by atoms with van der Waals surface area (Å²) in [5.74, 6) is 0.0830. The lowest BCUT2D eigenvalue weighted by Crippen LogP contribution is -2.37. The van der Waals surface area contributed by atoms with Gasteiger partial charge in [-0.25, -0.2) is 0 Å². The van der Waals surface area contributed by atoms with E-state index in [9.17, 15) is 4.79 Å². The van der Waals surface area contributed by atoms with E-state index in [1.165, 1.54) is 11.1 Å². The molecule has 0 spiro atoms. The molecule has 19 heavy (non-hydrogen) atoms. The lowest BCUT2D eigenvalue weighted by molar-refractivity contribution is -0.122. The van der Waals surface area contributed by atoms with E-state index in [4.69, 9.17) is 5.73 Å². The maximum Gasteiger partial charge on any atom is 0.220 e. The Labute approximate surface area is 116 Å². The van der Waals surface area contributed by atoms with Gasteiger partial charge in [-0.05, 0) is 51.7 Å². The van der Waals surface area contributed by atoms with Gasteiger partial charge in [0, 0.05) is 18.0 Å². The monoisotopic (exact) mass is 262 g/mol. The molecule has 1 aromatic rings. The first-order valence-corrected chi connectivity index (χ1v) is 6.91. The van der Waals surface area contributed by atoms with E-state index < -0.39 is 0 Å². The Kier molecular flexibility index (Phi) is 5.55. The van der Waals surface area contributed by atoms with Gasteiger partial charge in [-0.1, -0.05) is 24.3 Å². The zero-order valence-corrected chi connectivity index (χ0v) is 12.5. The van der Waals surface area contributed by atoms with Crippen LogP contribution in [0.2, 0.25) is 0 Å². The van der Waals surface area contributed by atoms with Gasteiger partial charge in [0.1, 0.15) is 0 Å². The second kappa shape index (κ2) is 6.71. The minimum Gasteiger partial charge on any atom is -0.353 e. The van der Waals surface area contributed by atoms with Crippen LogP contribution in [0.4, 0.5) is 0 Å². The summed E-state index contributed by atoms with van der Waals surface area (Å²) in [5, 5.41) is 3.03. The van der Waals surface area contributed by atoms with Crippen molar-refractivity contribution in [2.24, 2.45) is 5.73 Å². The first-order valence-electron chi connectivity index (χ1n) is 6.91. The lowest BCUT2D eigenvalue weighted by Gasteiger charge is -2.19. The maximum absolute atomic E-state index is 11.8. The Morgan fingerprint density at radius 2 is 2.00 bits per heavy atom. The van der Waals surface area contributed by atoms with Gasteiger partial charge >= 0.3 is 0 Å². The number of benzene rings is 1. The fourth-order valence-corrected chi connectivity index (χ4v) is 2.00. The zero-order chi connectivity index (χ0) is 14.5. The molecule has 0 heterocycles. The standard InChI is InChI=1S/C16H26N2O/c1-12-7-5-6-8-14(12)11-13(2)18-15(19)9-10-16(3,4)17/h5-8,13H,9-11,17H2,1-4H3,(H,18,19). The predicted molar refractivity (Wildman–Crippen MR) is 80.0 cm³/mol. The van der Waals surface area contributed by atoms with Crippen LogP contribution >= 0.6 is 0 Å². The van der Waals surface area contributed by atoms with Crippen LogP contribution in [0.1, 0.15) is 44.7 Å². The molecule has 3 N–H and O–H groups in total. The molecule has 1 atom stereocenters. The van der Waals surface area contributed by atoms with Crippen molar-refractivity contribution < 1.29 is 4.79 Å². The maximum atomic E-state index is 11.8. The number of hydrogen-bond donors (Lipinski definition) is 2. The SMILES string of the molecule is Cc1ccccc1CC(C)NC(=O)CCC(C)(C)N. The fraction of sp³-hybridized carbons (Fsp3) is 0.562. The normalized spacial score (nSPS) is 13.1. The van der Waals surface area contributed by atoms with E-state index in [1.807, 2.05) is 32.9 Å². The van der Waals surface area contributed by atoms with E-state index in [0.717, 1.165) is 6.42 Å². The average Bonchev–Trinajstić information content (AvgIpc) is 2.29. The molecule has 3 heteroatoms. The minimum absolute atomic E-state index is 0.0830. The van der Waals surface area contributed by atoms with Crippen molar-refractivity contribution in [2.45, 2.75) is 58.5 Å². The van der Waals surface area contributed by atoms with Crippen LogP contribution in [-0.4, -0.2) is 17.5 Å². The van der Waals surface area contributed by atoms with Gasteiger partial charge in [0.2, 0.25) is 5.91 Å². The Morgan fingerprint density at radius 3 is 2.58 bits per heavy atom. The Hall–Kier alpha value is -1.35. The van der Waals surface area contributed by atoms with Crippen molar-refractivity contribution in [1.29, 1.82) is 0 Å². The molecule has 0 aliphatic carbocycles. The smallest absolute Gasteiger partial charge is 0.220 e. The lowest BCUT2D eigenvalue weighted by atomic mass is 9.99. The van der Waals surface area contributed by atoms with Crippen LogP contribution in [-0.2, 0) is 11.2 Å². The number of rotatable bonds is 6. The molecule has 3 nitrogen and oxygen atoms in total. The first-order chi connectivity index (χ1) is 8.78. The molecule has 0 fully saturated rings. The van der Waals surface area contributed by atoms with Gasteiger partial charge in [-0.2, -0.15) is 0 Å². The molecule has 1 unspecified atom stereocenters. The van der Waals surface area contributed by atoms with E-state index >= 15 is 0 Å². The van der Waals surface area contributed by atoms with Crippen molar-refractivity contribution in [3.8, 4) is 0 Å². The number of aryl methyl sites for hydroxylation is 1. The van der Waals surface area contributed by atoms with E-state index in [2.05, 4.69) is 24.4 Å². The summed E-state index contributed by atoms with van der Waals surface area (Å²) >= 11 is 0. The number of hydrogen-bond acceptors (Lipinski definition) is 2. The molecular weight excluding hydrogens is 236 g/mol. The van der Waals surface area contributed by atoms with Crippen molar-refractivity contribution in [1.82, 2.24) is 5.32 Å². The van der Waals surface area contributed by atoms with Gasteiger partial charge in [0.05, 0.1) is 0 Å². The molecule has 0 aliphatic rings. The van der Waals surface area contributed by atoms with Crippen molar-refractivity contribution >= 4 is 5.91 Å². The first kappa shape index (κ1) is 15.7. The Bertz CT molecular complexity index is 421. The van der Waals surface area contributed by atoms with Crippen LogP contribution in [0.25, 0.3) is 0 Å². The quantitative estimate of drug-likeness (QED) is 0.828. The number of carbonyl (C=O) groups excluding carboxylic acids is 1. The summed E-state index contributed by atoms with van der Waals surface area (Å²) in [4.78, 5) is 11.8. The zero-order valence-electron chi connectivity index (χ0n) is 12.5. The van der Waals surface area contributed by atoms with Crippen molar-refractivity contribution in [2.75, 3.05) is 0 Å². The highest BCUT2D eigenvalue weighted by atomic mass is 16.1. The number of nitrogens with two attached hydrogens (primary N) is 1. The Balaban J connectivity index is 2.41. The fourth-order valence-electron chi connectivity index (χ4n) is 2.00. The van der Waals surface area contributed by atoms with Crippen LogP contribution in [0.3, 0.4) is 0 Å². The molecule has 0 aromatic heterocycles. The highest BCUT2D eigenvalue weighted by molar-refractivity contribution is 5.76. The van der Waals surface area contributed by atoms with E-state index in [1.54, 1.807) is 0 Å². The van der Waals surface area contributed by atoms with Crippen LogP contribution in [0.15, 0.2) is 24.3 Å². The average molecular weight is 262 g/mol. The summed E-state index contributed by atoms with van der Waals surface area (Å²) in [5.41, 5.74) is 8.15. The molecular formula is C16H26N2O. The van der Waals surface area contributed by atoms with Gasteiger partial charge in [0.25, 0.3) is 0 Å². The third kappa shape index (κ3) is 6.39. The van der Waals surface area contributed by atoms with Gasteiger partial charge in [-0.15, -0.1) is 0 Å². The Morgan fingerprint density at radius 1 is 1.37 bits per heavy atom. The topological polar surface area (TPSA) is 55.1 Å². The van der Waals surface area contributed by atoms with E-state index in [-0.39, 0.29) is 17.5 Å². The van der Waals surface area contributed by atoms with Crippen LogP contribution in [0, 0.1) is 6.92 Å². The highest BCUT2D eigenvalue weighted by Crippen LogP contribution is 2.10. The largest absolute Gasteiger partial charge is 0.353 e. The second-order valence-corrected chi connectivity index (χ2v) is 6.09. The molecule has 1 aromatic carbocycles. The molecule has 106 valence electrons. The van der Waals surface area contributed by atoms with Crippen molar-refractivity contribution in [3.05, 3.63) is 35.4 Å².